The molecule has 0 aliphatic rings. The van der Waals surface area contributed by atoms with Crippen LogP contribution in [0.1, 0.15) is 26.3 Å². The van der Waals surface area contributed by atoms with Gasteiger partial charge in [-0.15, -0.1) is 0 Å². The molecule has 0 radical (unpaired) electrons. The summed E-state index contributed by atoms with van der Waals surface area (Å²) < 4.78 is 45.1. The van der Waals surface area contributed by atoms with E-state index in [1.807, 2.05) is 12.1 Å². The van der Waals surface area contributed by atoms with Gasteiger partial charge in [0.1, 0.15) is 18.2 Å². The molecule has 0 aromatic heterocycles. The first-order chi connectivity index (χ1) is 11.2. The molecule has 0 bridgehead atoms. The Kier molecular flexibility index (Phi) is 5.62. The Bertz CT molecular complexity index is 763. The van der Waals surface area contributed by atoms with Crippen molar-refractivity contribution in [1.82, 2.24) is 4.72 Å². The summed E-state index contributed by atoms with van der Waals surface area (Å²) in [6.07, 6.45) is 0. The van der Waals surface area contributed by atoms with Crippen LogP contribution in [-0.4, -0.2) is 21.6 Å². The fourth-order valence-corrected chi connectivity index (χ4v) is 3.11. The highest BCUT2D eigenvalue weighted by molar-refractivity contribution is 7.89. The monoisotopic (exact) mass is 351 g/mol. The van der Waals surface area contributed by atoms with Gasteiger partial charge < -0.3 is 4.74 Å². The van der Waals surface area contributed by atoms with Gasteiger partial charge in [0, 0.05) is 6.54 Å². The van der Waals surface area contributed by atoms with Gasteiger partial charge in [-0.25, -0.2) is 17.5 Å². The van der Waals surface area contributed by atoms with Crippen molar-refractivity contribution < 1.29 is 17.5 Å². The third kappa shape index (κ3) is 5.04. The molecule has 6 heteroatoms. The lowest BCUT2D eigenvalue weighted by Gasteiger charge is -2.19. The topological polar surface area (TPSA) is 55.4 Å². The van der Waals surface area contributed by atoms with E-state index in [2.05, 4.69) is 25.5 Å². The second kappa shape index (κ2) is 7.32. The molecule has 0 saturated carbocycles. The molecule has 0 spiro atoms. The maximum Gasteiger partial charge on any atom is 0.240 e. The van der Waals surface area contributed by atoms with Gasteiger partial charge in [0.2, 0.25) is 10.0 Å². The number of hydrogen-bond acceptors (Lipinski definition) is 3. The number of benzene rings is 2. The first kappa shape index (κ1) is 18.4. The number of hydrogen-bond donors (Lipinski definition) is 1. The van der Waals surface area contributed by atoms with Crippen molar-refractivity contribution >= 4 is 10.0 Å². The Hall–Kier alpha value is -1.92. The molecule has 2 aromatic rings. The molecule has 0 aliphatic carbocycles. The van der Waals surface area contributed by atoms with E-state index in [-0.39, 0.29) is 29.3 Å². The first-order valence-corrected chi connectivity index (χ1v) is 9.15. The number of nitrogens with one attached hydrogen (secondary N) is 1. The van der Waals surface area contributed by atoms with Gasteiger partial charge in [-0.3, -0.25) is 0 Å². The zero-order chi connectivity index (χ0) is 17.8. The van der Waals surface area contributed by atoms with Crippen LogP contribution in [0.4, 0.5) is 4.39 Å². The molecule has 2 rings (SSSR count). The van der Waals surface area contributed by atoms with Gasteiger partial charge in [0.05, 0.1) is 4.90 Å². The van der Waals surface area contributed by atoms with Crippen molar-refractivity contribution in [2.75, 3.05) is 13.2 Å². The van der Waals surface area contributed by atoms with E-state index in [4.69, 9.17) is 4.74 Å². The van der Waals surface area contributed by atoms with Gasteiger partial charge in [0.15, 0.2) is 0 Å². The molecule has 130 valence electrons. The minimum atomic E-state index is -3.57. The summed E-state index contributed by atoms with van der Waals surface area (Å²) >= 11 is 0. The third-order valence-electron chi connectivity index (χ3n) is 3.51. The van der Waals surface area contributed by atoms with E-state index in [1.165, 1.54) is 24.3 Å². The summed E-state index contributed by atoms with van der Waals surface area (Å²) in [5.41, 5.74) is 1.04. The SMILES string of the molecule is CC(C)(C)c1ccc(S(=O)(=O)NCCOc2ccc(F)cc2)cc1. The molecule has 0 heterocycles. The Morgan fingerprint density at radius 1 is 1.00 bits per heavy atom. The molecule has 0 saturated heterocycles. The van der Waals surface area contributed by atoms with Gasteiger partial charge in [0.25, 0.3) is 0 Å². The van der Waals surface area contributed by atoms with Crippen LogP contribution in [0, 0.1) is 5.82 Å². The van der Waals surface area contributed by atoms with Crippen LogP contribution in [-0.2, 0) is 15.4 Å². The fraction of sp³-hybridized carbons (Fsp3) is 0.333. The normalized spacial score (nSPS) is 12.2. The zero-order valence-electron chi connectivity index (χ0n) is 14.0. The van der Waals surface area contributed by atoms with Crippen LogP contribution in [0.25, 0.3) is 0 Å². The van der Waals surface area contributed by atoms with E-state index in [1.54, 1.807) is 12.1 Å². The highest BCUT2D eigenvalue weighted by atomic mass is 32.2. The third-order valence-corrected chi connectivity index (χ3v) is 4.98. The summed E-state index contributed by atoms with van der Waals surface area (Å²) in [5.74, 6) is 0.145. The standard InChI is InChI=1S/C18H22FNO3S/c1-18(2,3)14-4-10-17(11-5-14)24(21,22)20-12-13-23-16-8-6-15(19)7-9-16/h4-11,20H,12-13H2,1-3H3. The highest BCUT2D eigenvalue weighted by Crippen LogP contribution is 2.23. The largest absolute Gasteiger partial charge is 0.492 e. The predicted octanol–water partition coefficient (Wildman–Crippen LogP) is 3.48. The second-order valence-corrected chi connectivity index (χ2v) is 8.24. The number of ether oxygens (including phenoxy) is 1. The Labute approximate surface area is 142 Å². The lowest BCUT2D eigenvalue weighted by molar-refractivity contribution is 0.322. The van der Waals surface area contributed by atoms with Gasteiger partial charge >= 0.3 is 0 Å². The van der Waals surface area contributed by atoms with Crippen molar-refractivity contribution in [2.24, 2.45) is 0 Å². The predicted molar refractivity (Wildman–Crippen MR) is 92.2 cm³/mol. The van der Waals surface area contributed by atoms with Crippen LogP contribution in [0.15, 0.2) is 53.4 Å². The number of rotatable bonds is 6. The molecular formula is C18H22FNO3S. The van der Waals surface area contributed by atoms with Crippen molar-refractivity contribution in [1.29, 1.82) is 0 Å². The van der Waals surface area contributed by atoms with Crippen LogP contribution in [0.2, 0.25) is 0 Å². The lowest BCUT2D eigenvalue weighted by atomic mass is 9.87. The van der Waals surface area contributed by atoms with E-state index >= 15 is 0 Å². The van der Waals surface area contributed by atoms with Crippen LogP contribution < -0.4 is 9.46 Å². The minimum absolute atomic E-state index is 0.0290. The average Bonchev–Trinajstić information content (AvgIpc) is 2.52. The molecular weight excluding hydrogens is 329 g/mol. The molecule has 0 aliphatic heterocycles. The molecule has 0 unspecified atom stereocenters. The van der Waals surface area contributed by atoms with Gasteiger partial charge in [-0.1, -0.05) is 32.9 Å². The van der Waals surface area contributed by atoms with Crippen LogP contribution in [0.5, 0.6) is 5.75 Å². The zero-order valence-corrected chi connectivity index (χ0v) is 14.9. The van der Waals surface area contributed by atoms with Crippen molar-refractivity contribution in [3.63, 3.8) is 0 Å². The molecule has 0 fully saturated rings. The van der Waals surface area contributed by atoms with Gasteiger partial charge in [-0.05, 0) is 47.4 Å². The van der Waals surface area contributed by atoms with Crippen molar-refractivity contribution in [2.45, 2.75) is 31.1 Å². The molecule has 4 nitrogen and oxygen atoms in total. The number of sulfonamides is 1. The van der Waals surface area contributed by atoms with E-state index in [9.17, 15) is 12.8 Å². The molecule has 2 aromatic carbocycles. The second-order valence-electron chi connectivity index (χ2n) is 6.47. The molecule has 1 N–H and O–H groups in total. The molecule has 24 heavy (non-hydrogen) atoms. The van der Waals surface area contributed by atoms with Crippen LogP contribution >= 0.6 is 0 Å². The summed E-state index contributed by atoms with van der Waals surface area (Å²) in [6, 6.07) is 12.4. The Morgan fingerprint density at radius 3 is 2.12 bits per heavy atom. The van der Waals surface area contributed by atoms with E-state index in [0.29, 0.717) is 5.75 Å². The minimum Gasteiger partial charge on any atom is -0.492 e. The Balaban J connectivity index is 1.90. The maximum absolute atomic E-state index is 12.8. The highest BCUT2D eigenvalue weighted by Gasteiger charge is 2.17. The summed E-state index contributed by atoms with van der Waals surface area (Å²) in [5, 5.41) is 0. The first-order valence-electron chi connectivity index (χ1n) is 7.67. The quantitative estimate of drug-likeness (QED) is 0.811. The summed E-state index contributed by atoms with van der Waals surface area (Å²) in [4.78, 5) is 0.220. The fourth-order valence-electron chi connectivity index (χ4n) is 2.09. The summed E-state index contributed by atoms with van der Waals surface area (Å²) in [6.45, 7) is 6.50. The number of halogens is 1. The summed E-state index contributed by atoms with van der Waals surface area (Å²) in [7, 11) is -3.57. The molecule has 0 atom stereocenters. The lowest BCUT2D eigenvalue weighted by Crippen LogP contribution is -2.28. The molecule has 0 amide bonds. The van der Waals surface area contributed by atoms with Gasteiger partial charge in [-0.2, -0.15) is 0 Å². The van der Waals surface area contributed by atoms with Crippen molar-refractivity contribution in [3.05, 3.63) is 59.9 Å². The smallest absolute Gasteiger partial charge is 0.240 e. The van der Waals surface area contributed by atoms with Crippen LogP contribution in [0.3, 0.4) is 0 Å². The maximum atomic E-state index is 12.8. The Morgan fingerprint density at radius 2 is 1.58 bits per heavy atom. The van der Waals surface area contributed by atoms with E-state index in [0.717, 1.165) is 5.56 Å². The van der Waals surface area contributed by atoms with E-state index < -0.39 is 10.0 Å². The van der Waals surface area contributed by atoms with Crippen molar-refractivity contribution in [3.8, 4) is 5.75 Å². The average molecular weight is 351 g/mol.